The molecule has 1 fully saturated rings. The van der Waals surface area contributed by atoms with E-state index in [2.05, 4.69) is 0 Å². The number of amides is 1. The van der Waals surface area contributed by atoms with Crippen LogP contribution in [0.3, 0.4) is 0 Å². The Hall–Kier alpha value is -1.95. The SMILES string of the molecule is CCOC(=O)[C@@H]1CCCN(C(=O)c2cc3c(F)cccc3s2)C1. The first-order chi connectivity index (χ1) is 11.1. The van der Waals surface area contributed by atoms with Crippen LogP contribution in [0.4, 0.5) is 4.39 Å². The molecule has 1 amide bonds. The quantitative estimate of drug-likeness (QED) is 0.807. The number of likely N-dealkylation sites (tertiary alicyclic amines) is 1. The second-order valence-electron chi connectivity index (χ2n) is 5.60. The summed E-state index contributed by atoms with van der Waals surface area (Å²) >= 11 is 1.29. The van der Waals surface area contributed by atoms with E-state index in [0.29, 0.717) is 30.0 Å². The second-order valence-corrected chi connectivity index (χ2v) is 6.69. The van der Waals surface area contributed by atoms with Crippen molar-refractivity contribution in [2.75, 3.05) is 19.7 Å². The molecule has 0 N–H and O–H groups in total. The second kappa shape index (κ2) is 6.66. The van der Waals surface area contributed by atoms with Crippen molar-refractivity contribution < 1.29 is 18.7 Å². The Labute approximate surface area is 137 Å². The smallest absolute Gasteiger partial charge is 0.310 e. The molecule has 1 saturated heterocycles. The predicted octanol–water partition coefficient (Wildman–Crippen LogP) is 3.46. The molecule has 122 valence electrons. The lowest BCUT2D eigenvalue weighted by atomic mass is 9.98. The lowest BCUT2D eigenvalue weighted by Gasteiger charge is -2.31. The fraction of sp³-hybridized carbons (Fsp3) is 0.412. The highest BCUT2D eigenvalue weighted by molar-refractivity contribution is 7.20. The van der Waals surface area contributed by atoms with Gasteiger partial charge in [0.2, 0.25) is 0 Å². The van der Waals surface area contributed by atoms with Crippen LogP contribution in [-0.4, -0.2) is 36.5 Å². The molecule has 0 spiro atoms. The summed E-state index contributed by atoms with van der Waals surface area (Å²) in [4.78, 5) is 26.7. The van der Waals surface area contributed by atoms with Crippen LogP contribution in [0, 0.1) is 11.7 Å². The van der Waals surface area contributed by atoms with E-state index < -0.39 is 0 Å². The van der Waals surface area contributed by atoms with E-state index in [0.717, 1.165) is 17.5 Å². The maximum atomic E-state index is 13.8. The van der Waals surface area contributed by atoms with Crippen LogP contribution in [0.2, 0.25) is 0 Å². The van der Waals surface area contributed by atoms with Gasteiger partial charge in [-0.2, -0.15) is 0 Å². The van der Waals surface area contributed by atoms with Gasteiger partial charge in [0.05, 0.1) is 17.4 Å². The molecule has 1 aliphatic rings. The highest BCUT2D eigenvalue weighted by Crippen LogP contribution is 2.29. The van der Waals surface area contributed by atoms with E-state index >= 15 is 0 Å². The first kappa shape index (κ1) is 15.9. The first-order valence-electron chi connectivity index (χ1n) is 7.74. The summed E-state index contributed by atoms with van der Waals surface area (Å²) in [5.74, 6) is -0.966. The summed E-state index contributed by atoms with van der Waals surface area (Å²) in [5.41, 5.74) is 0. The van der Waals surface area contributed by atoms with Crippen LogP contribution in [-0.2, 0) is 9.53 Å². The van der Waals surface area contributed by atoms with Gasteiger partial charge >= 0.3 is 5.97 Å². The van der Waals surface area contributed by atoms with Crippen LogP contribution < -0.4 is 0 Å². The summed E-state index contributed by atoms with van der Waals surface area (Å²) in [6, 6.07) is 6.43. The van der Waals surface area contributed by atoms with E-state index in [1.54, 1.807) is 30.0 Å². The van der Waals surface area contributed by atoms with Gasteiger partial charge in [-0.1, -0.05) is 6.07 Å². The van der Waals surface area contributed by atoms with Crippen molar-refractivity contribution >= 4 is 33.3 Å². The fourth-order valence-corrected chi connectivity index (χ4v) is 3.94. The largest absolute Gasteiger partial charge is 0.466 e. The zero-order valence-corrected chi connectivity index (χ0v) is 13.7. The minimum Gasteiger partial charge on any atom is -0.466 e. The van der Waals surface area contributed by atoms with Gasteiger partial charge in [-0.3, -0.25) is 9.59 Å². The number of esters is 1. The normalized spacial score (nSPS) is 18.2. The summed E-state index contributed by atoms with van der Waals surface area (Å²) in [5, 5.41) is 0.472. The molecule has 0 aliphatic carbocycles. The molecule has 0 unspecified atom stereocenters. The third-order valence-electron chi connectivity index (χ3n) is 4.05. The average molecular weight is 335 g/mol. The summed E-state index contributed by atoms with van der Waals surface area (Å²) in [7, 11) is 0. The number of carbonyl (C=O) groups is 2. The van der Waals surface area contributed by atoms with Crippen LogP contribution in [0.1, 0.15) is 29.4 Å². The van der Waals surface area contributed by atoms with Crippen molar-refractivity contribution in [3.05, 3.63) is 35.0 Å². The van der Waals surface area contributed by atoms with Crippen molar-refractivity contribution in [3.8, 4) is 0 Å². The highest BCUT2D eigenvalue weighted by Gasteiger charge is 2.30. The van der Waals surface area contributed by atoms with Crippen LogP contribution in [0.25, 0.3) is 10.1 Å². The van der Waals surface area contributed by atoms with Gasteiger partial charge < -0.3 is 9.64 Å². The standard InChI is InChI=1S/C17H18FNO3S/c1-2-22-17(21)11-5-4-8-19(10-11)16(20)15-9-12-13(18)6-3-7-14(12)23-15/h3,6-7,9,11H,2,4-5,8,10H2,1H3/t11-/m1/s1. The van der Waals surface area contributed by atoms with Crippen molar-refractivity contribution in [3.63, 3.8) is 0 Å². The highest BCUT2D eigenvalue weighted by atomic mass is 32.1. The number of halogens is 1. The minimum absolute atomic E-state index is 0.139. The van der Waals surface area contributed by atoms with Gasteiger partial charge in [0.25, 0.3) is 5.91 Å². The maximum Gasteiger partial charge on any atom is 0.310 e. The summed E-state index contributed by atoms with van der Waals surface area (Å²) < 4.78 is 19.6. The summed E-state index contributed by atoms with van der Waals surface area (Å²) in [6.45, 7) is 3.11. The van der Waals surface area contributed by atoms with Gasteiger partial charge in [-0.25, -0.2) is 4.39 Å². The van der Waals surface area contributed by atoms with Crippen LogP contribution in [0.5, 0.6) is 0 Å². The van der Waals surface area contributed by atoms with E-state index in [1.165, 1.54) is 17.4 Å². The molecule has 0 saturated carbocycles. The maximum absolute atomic E-state index is 13.8. The van der Waals surface area contributed by atoms with Crippen molar-refractivity contribution in [1.82, 2.24) is 4.90 Å². The summed E-state index contributed by atoms with van der Waals surface area (Å²) in [6.07, 6.45) is 1.51. The fourth-order valence-electron chi connectivity index (χ4n) is 2.90. The number of piperidine rings is 1. The van der Waals surface area contributed by atoms with Crippen molar-refractivity contribution in [2.24, 2.45) is 5.92 Å². The Bertz CT molecular complexity index is 743. The van der Waals surface area contributed by atoms with Crippen molar-refractivity contribution in [1.29, 1.82) is 0 Å². The molecule has 0 bridgehead atoms. The van der Waals surface area contributed by atoms with Crippen LogP contribution in [0.15, 0.2) is 24.3 Å². The molecule has 1 atom stereocenters. The molecule has 1 aromatic carbocycles. The van der Waals surface area contributed by atoms with E-state index in [1.807, 2.05) is 0 Å². The van der Waals surface area contributed by atoms with Crippen molar-refractivity contribution in [2.45, 2.75) is 19.8 Å². The van der Waals surface area contributed by atoms with Crippen LogP contribution >= 0.6 is 11.3 Å². The molecule has 1 aromatic heterocycles. The molecular formula is C17H18FNO3S. The molecule has 6 heteroatoms. The lowest BCUT2D eigenvalue weighted by Crippen LogP contribution is -2.42. The first-order valence-corrected chi connectivity index (χ1v) is 8.55. The van der Waals surface area contributed by atoms with E-state index in [4.69, 9.17) is 4.74 Å². The Balaban J connectivity index is 1.78. The zero-order chi connectivity index (χ0) is 16.4. The molecule has 0 radical (unpaired) electrons. The third-order valence-corrected chi connectivity index (χ3v) is 5.14. The lowest BCUT2D eigenvalue weighted by molar-refractivity contribution is -0.149. The Morgan fingerprint density at radius 1 is 1.43 bits per heavy atom. The third kappa shape index (κ3) is 3.22. The van der Waals surface area contributed by atoms with Gasteiger partial charge in [-0.15, -0.1) is 11.3 Å². The molecule has 3 rings (SSSR count). The molecular weight excluding hydrogens is 317 g/mol. The molecule has 2 aromatic rings. The Morgan fingerprint density at radius 2 is 2.26 bits per heavy atom. The van der Waals surface area contributed by atoms with Gasteiger partial charge in [0.15, 0.2) is 0 Å². The number of hydrogen-bond acceptors (Lipinski definition) is 4. The van der Waals surface area contributed by atoms with E-state index in [9.17, 15) is 14.0 Å². The van der Waals surface area contributed by atoms with Gasteiger partial charge in [0, 0.05) is 23.2 Å². The molecule has 23 heavy (non-hydrogen) atoms. The van der Waals surface area contributed by atoms with E-state index in [-0.39, 0.29) is 23.6 Å². The number of fused-ring (bicyclic) bond motifs is 1. The predicted molar refractivity (Wildman–Crippen MR) is 87.0 cm³/mol. The number of nitrogens with zero attached hydrogens (tertiary/aromatic N) is 1. The Morgan fingerprint density at radius 3 is 3.00 bits per heavy atom. The minimum atomic E-state index is -0.319. The topological polar surface area (TPSA) is 46.6 Å². The Kier molecular flexibility index (Phi) is 4.61. The number of thiophene rings is 1. The monoisotopic (exact) mass is 335 g/mol. The van der Waals surface area contributed by atoms with Gasteiger partial charge in [-0.05, 0) is 38.0 Å². The molecule has 1 aliphatic heterocycles. The number of ether oxygens (including phenoxy) is 1. The average Bonchev–Trinajstić information content (AvgIpc) is 3.00. The van der Waals surface area contributed by atoms with Gasteiger partial charge in [0.1, 0.15) is 5.82 Å². The molecule has 2 heterocycles. The zero-order valence-electron chi connectivity index (χ0n) is 12.9. The number of carbonyl (C=O) groups excluding carboxylic acids is 2. The number of hydrogen-bond donors (Lipinski definition) is 0. The molecule has 4 nitrogen and oxygen atoms in total. The number of rotatable bonds is 3. The number of benzene rings is 1.